The molecule has 0 bridgehead atoms. The van der Waals surface area contributed by atoms with Crippen LogP contribution in [-0.2, 0) is 21.1 Å². The van der Waals surface area contributed by atoms with Crippen molar-refractivity contribution in [3.63, 3.8) is 0 Å². The minimum absolute atomic E-state index is 0. The van der Waals surface area contributed by atoms with Crippen molar-refractivity contribution in [2.24, 2.45) is 9.98 Å². The van der Waals surface area contributed by atoms with Crippen LogP contribution in [0, 0.1) is 7.43 Å². The summed E-state index contributed by atoms with van der Waals surface area (Å²) in [5.41, 5.74) is 9.28. The van der Waals surface area contributed by atoms with Gasteiger partial charge in [0.2, 0.25) is 0 Å². The van der Waals surface area contributed by atoms with Crippen LogP contribution < -0.4 is 0 Å². The molecule has 0 aliphatic carbocycles. The van der Waals surface area contributed by atoms with Gasteiger partial charge in [-0.1, -0.05) is 109 Å². The molecule has 2 nitrogen and oxygen atoms in total. The Morgan fingerprint density at radius 2 is 1.03 bits per heavy atom. The zero-order valence-electron chi connectivity index (χ0n) is 23.4. The number of aliphatic imine (C=N–C) groups is 2. The molecule has 0 amide bonds. The molecule has 0 N–H and O–H groups in total. The van der Waals surface area contributed by atoms with Crippen molar-refractivity contribution in [2.45, 2.75) is 79.1 Å². The average Bonchev–Trinajstić information content (AvgIpc) is 2.80. The van der Waals surface area contributed by atoms with Crippen LogP contribution in [-0.4, -0.2) is 12.4 Å². The predicted octanol–water partition coefficient (Wildman–Crippen LogP) is 10.0. The zero-order chi connectivity index (χ0) is 24.8. The SMILES string of the molecule is CC(C)c1cccc(C(C)C)c1N=[C-]c1cccc(C=Nc2c(C(C)C)cccc2C(C)C)c1.[CH3-].[Pt+2]. The molecule has 3 heteroatoms. The van der Waals surface area contributed by atoms with Crippen LogP contribution in [0.1, 0.15) is 112 Å². The third-order valence-electron chi connectivity index (χ3n) is 6.21. The summed E-state index contributed by atoms with van der Waals surface area (Å²) in [6.45, 7) is 17.8. The van der Waals surface area contributed by atoms with E-state index in [0.29, 0.717) is 23.7 Å². The van der Waals surface area contributed by atoms with Crippen molar-refractivity contribution < 1.29 is 21.1 Å². The number of hydrogen-bond acceptors (Lipinski definition) is 2. The third-order valence-corrected chi connectivity index (χ3v) is 6.21. The number of nitrogens with zero attached hydrogens (tertiary/aromatic N) is 2. The van der Waals surface area contributed by atoms with Crippen LogP contribution in [0.15, 0.2) is 70.6 Å². The molecule has 0 radical (unpaired) electrons. The normalized spacial score (nSPS) is 11.7. The topological polar surface area (TPSA) is 24.7 Å². The summed E-state index contributed by atoms with van der Waals surface area (Å²) < 4.78 is 0. The molecule has 0 aliphatic rings. The minimum atomic E-state index is 0. The van der Waals surface area contributed by atoms with Gasteiger partial charge in [0.05, 0.1) is 5.69 Å². The van der Waals surface area contributed by atoms with Crippen molar-refractivity contribution in [3.05, 3.63) is 101 Å². The Morgan fingerprint density at radius 3 is 1.47 bits per heavy atom. The molecular weight excluding hydrogens is 619 g/mol. The molecule has 0 saturated heterocycles. The average molecular weight is 662 g/mol. The van der Waals surface area contributed by atoms with E-state index in [1.165, 1.54) is 22.3 Å². The first-order valence-corrected chi connectivity index (χ1v) is 12.6. The Kier molecular flexibility index (Phi) is 12.7. The Balaban J connectivity index is 0.00000324. The number of benzene rings is 3. The van der Waals surface area contributed by atoms with E-state index in [4.69, 9.17) is 9.98 Å². The molecule has 0 unspecified atom stereocenters. The van der Waals surface area contributed by atoms with E-state index >= 15 is 0 Å². The Hall–Kier alpha value is -2.31. The monoisotopic (exact) mass is 661 g/mol. The van der Waals surface area contributed by atoms with Gasteiger partial charge in [0.1, 0.15) is 0 Å². The van der Waals surface area contributed by atoms with Crippen molar-refractivity contribution in [1.29, 1.82) is 0 Å². The second-order valence-electron chi connectivity index (χ2n) is 10.3. The first kappa shape index (κ1) is 31.7. The maximum Gasteiger partial charge on any atom is 2.00 e. The molecule has 3 rings (SSSR count). The van der Waals surface area contributed by atoms with Crippen LogP contribution in [0.4, 0.5) is 11.4 Å². The van der Waals surface area contributed by atoms with E-state index < -0.39 is 0 Å². The van der Waals surface area contributed by atoms with Gasteiger partial charge in [0.15, 0.2) is 0 Å². The molecule has 0 spiro atoms. The van der Waals surface area contributed by atoms with Gasteiger partial charge in [-0.05, 0) is 52.3 Å². The Morgan fingerprint density at radius 1 is 0.611 bits per heavy atom. The summed E-state index contributed by atoms with van der Waals surface area (Å²) in [5.74, 6) is 1.67. The molecule has 0 fully saturated rings. The number of rotatable bonds is 8. The third kappa shape index (κ3) is 7.84. The van der Waals surface area contributed by atoms with Gasteiger partial charge in [-0.15, -0.1) is 23.8 Å². The van der Waals surface area contributed by atoms with Crippen LogP contribution in [0.3, 0.4) is 0 Å². The first-order chi connectivity index (χ1) is 16.2. The fraction of sp³-hybridized carbons (Fsp3) is 0.364. The number of hydrogen-bond donors (Lipinski definition) is 0. The van der Waals surface area contributed by atoms with Gasteiger partial charge < -0.3 is 12.4 Å². The molecule has 0 atom stereocenters. The summed E-state index contributed by atoms with van der Waals surface area (Å²) in [5, 5.41) is 0. The maximum atomic E-state index is 4.97. The fourth-order valence-electron chi connectivity index (χ4n) is 4.25. The zero-order valence-corrected chi connectivity index (χ0v) is 25.6. The van der Waals surface area contributed by atoms with Crippen LogP contribution in [0.5, 0.6) is 0 Å². The molecule has 0 saturated carbocycles. The second kappa shape index (κ2) is 14.4. The van der Waals surface area contributed by atoms with Crippen LogP contribution in [0.2, 0.25) is 0 Å². The molecule has 36 heavy (non-hydrogen) atoms. The van der Waals surface area contributed by atoms with E-state index in [2.05, 4.69) is 122 Å². The van der Waals surface area contributed by atoms with Crippen molar-refractivity contribution in [1.82, 2.24) is 0 Å². The van der Waals surface area contributed by atoms with Gasteiger partial charge >= 0.3 is 21.1 Å². The largest absolute Gasteiger partial charge is 2.00 e. The molecular formula is C33H42N2Pt. The standard InChI is InChI=1S/C32H39N2.CH3.Pt/c1-21(2)27-14-10-15-28(22(3)4)31(27)33-19-25-12-9-13-26(18-25)20-34-32-29(23(5)6)16-11-17-30(32)24(7)8;;/h9-19,21-24H,1-8H3;1H3;/q2*-1;+2. The summed E-state index contributed by atoms with van der Waals surface area (Å²) in [6, 6.07) is 21.3. The van der Waals surface area contributed by atoms with Gasteiger partial charge in [-0.2, -0.15) is 0 Å². The van der Waals surface area contributed by atoms with Gasteiger partial charge in [0, 0.05) is 6.21 Å². The number of para-hydroxylation sites is 2. The molecule has 0 heterocycles. The van der Waals surface area contributed by atoms with E-state index in [9.17, 15) is 0 Å². The molecule has 194 valence electrons. The molecule has 0 aromatic heterocycles. The van der Waals surface area contributed by atoms with Gasteiger partial charge in [0.25, 0.3) is 0 Å². The van der Waals surface area contributed by atoms with Crippen LogP contribution in [0.25, 0.3) is 0 Å². The fourth-order valence-corrected chi connectivity index (χ4v) is 4.25. The smallest absolute Gasteiger partial charge is 0.358 e. The maximum absolute atomic E-state index is 4.97. The summed E-state index contributed by atoms with van der Waals surface area (Å²) in [4.78, 5) is 9.83. The Labute approximate surface area is 234 Å². The quantitative estimate of drug-likeness (QED) is 0.170. The predicted molar refractivity (Wildman–Crippen MR) is 156 cm³/mol. The molecule has 3 aromatic rings. The molecule has 0 aliphatic heterocycles. The summed E-state index contributed by atoms with van der Waals surface area (Å²) >= 11 is 0. The van der Waals surface area contributed by atoms with Crippen molar-refractivity contribution >= 4 is 23.8 Å². The molecule has 3 aromatic carbocycles. The van der Waals surface area contributed by atoms with E-state index in [-0.39, 0.29) is 28.5 Å². The van der Waals surface area contributed by atoms with Crippen molar-refractivity contribution in [3.8, 4) is 0 Å². The van der Waals surface area contributed by atoms with Gasteiger partial charge in [-0.25, -0.2) is 0 Å². The van der Waals surface area contributed by atoms with E-state index in [1.807, 2.05) is 6.21 Å². The Bertz CT molecular complexity index is 1030. The van der Waals surface area contributed by atoms with Gasteiger partial charge in [-0.3, -0.25) is 4.99 Å². The van der Waals surface area contributed by atoms with E-state index in [1.54, 1.807) is 0 Å². The summed E-state index contributed by atoms with van der Waals surface area (Å²) in [6.07, 6.45) is 5.28. The first-order valence-electron chi connectivity index (χ1n) is 12.6. The van der Waals surface area contributed by atoms with Crippen molar-refractivity contribution in [2.75, 3.05) is 0 Å². The van der Waals surface area contributed by atoms with Crippen LogP contribution >= 0.6 is 0 Å². The second-order valence-corrected chi connectivity index (χ2v) is 10.3. The summed E-state index contributed by atoms with van der Waals surface area (Å²) in [7, 11) is 0. The van der Waals surface area contributed by atoms with E-state index in [0.717, 1.165) is 22.5 Å². The minimum Gasteiger partial charge on any atom is -0.358 e.